The van der Waals surface area contributed by atoms with Gasteiger partial charge in [-0.25, -0.2) is 0 Å². The minimum absolute atomic E-state index is 0.0535. The number of ether oxygens (including phenoxy) is 2. The molecule has 0 spiro atoms. The van der Waals surface area contributed by atoms with E-state index in [-0.39, 0.29) is 23.1 Å². The summed E-state index contributed by atoms with van der Waals surface area (Å²) in [6.07, 6.45) is 2.36. The van der Waals surface area contributed by atoms with Gasteiger partial charge in [0.05, 0.1) is 18.3 Å². The van der Waals surface area contributed by atoms with Crippen LogP contribution in [0.4, 0.5) is 0 Å². The fraction of sp³-hybridized carbons (Fsp3) is 0.900. The molecule has 0 amide bonds. The summed E-state index contributed by atoms with van der Waals surface area (Å²) in [4.78, 5) is 11.7. The van der Waals surface area contributed by atoms with Gasteiger partial charge in [0.15, 0.2) is 0 Å². The summed E-state index contributed by atoms with van der Waals surface area (Å²) in [5.74, 6) is 0.251. The Kier molecular flexibility index (Phi) is 1.15. The molecule has 3 fully saturated rings. The summed E-state index contributed by atoms with van der Waals surface area (Å²) in [5, 5.41) is 0. The second-order valence-corrected chi connectivity index (χ2v) is 4.83. The van der Waals surface area contributed by atoms with Crippen molar-refractivity contribution in [2.75, 3.05) is 6.61 Å². The minimum Gasteiger partial charge on any atom is -0.465 e. The maximum Gasteiger partial charge on any atom is 0.315 e. The lowest BCUT2D eigenvalue weighted by Crippen LogP contribution is -2.47. The van der Waals surface area contributed by atoms with Gasteiger partial charge < -0.3 is 9.47 Å². The van der Waals surface area contributed by atoms with Crippen LogP contribution < -0.4 is 0 Å². The van der Waals surface area contributed by atoms with Crippen molar-refractivity contribution in [3.8, 4) is 0 Å². The molecule has 0 radical (unpaired) electrons. The van der Waals surface area contributed by atoms with Gasteiger partial charge in [0.2, 0.25) is 0 Å². The van der Waals surface area contributed by atoms with Crippen LogP contribution in [0.2, 0.25) is 0 Å². The molecule has 0 aliphatic carbocycles. The normalized spacial score (nSPS) is 58.2. The molecular formula is C10H14O3. The minimum atomic E-state index is -0.365. The average Bonchev–Trinajstić information content (AvgIpc) is 2.64. The maximum absolute atomic E-state index is 11.7. The smallest absolute Gasteiger partial charge is 0.315 e. The summed E-state index contributed by atoms with van der Waals surface area (Å²) >= 11 is 0. The number of cyclic esters (lactones) is 1. The van der Waals surface area contributed by atoms with E-state index in [1.165, 1.54) is 0 Å². The highest BCUT2D eigenvalue weighted by Crippen LogP contribution is 2.61. The molecule has 3 nitrogen and oxygen atoms in total. The van der Waals surface area contributed by atoms with Crippen LogP contribution in [0.5, 0.6) is 0 Å². The van der Waals surface area contributed by atoms with E-state index >= 15 is 0 Å². The Hall–Kier alpha value is -0.570. The summed E-state index contributed by atoms with van der Waals surface area (Å²) < 4.78 is 11.0. The van der Waals surface area contributed by atoms with Gasteiger partial charge in [0.25, 0.3) is 0 Å². The first-order valence-electron chi connectivity index (χ1n) is 4.93. The third-order valence-corrected chi connectivity index (χ3v) is 4.42. The molecule has 4 atom stereocenters. The van der Waals surface area contributed by atoms with Gasteiger partial charge in [-0.15, -0.1) is 0 Å². The number of hydrogen-bond donors (Lipinski definition) is 0. The van der Waals surface area contributed by atoms with Crippen molar-refractivity contribution in [2.45, 2.75) is 38.4 Å². The lowest BCUT2D eigenvalue weighted by molar-refractivity contribution is -0.155. The monoisotopic (exact) mass is 182 g/mol. The van der Waals surface area contributed by atoms with Crippen LogP contribution in [0.1, 0.15) is 26.7 Å². The van der Waals surface area contributed by atoms with Crippen LogP contribution in [0.15, 0.2) is 0 Å². The predicted molar refractivity (Wildman–Crippen MR) is 45.1 cm³/mol. The number of rotatable bonds is 0. The van der Waals surface area contributed by atoms with Gasteiger partial charge in [-0.1, -0.05) is 0 Å². The Morgan fingerprint density at radius 2 is 2.23 bits per heavy atom. The lowest BCUT2D eigenvalue weighted by atomic mass is 9.63. The fourth-order valence-corrected chi connectivity index (χ4v) is 3.26. The van der Waals surface area contributed by atoms with Gasteiger partial charge >= 0.3 is 5.97 Å². The van der Waals surface area contributed by atoms with E-state index in [9.17, 15) is 4.79 Å². The highest BCUT2D eigenvalue weighted by molar-refractivity contribution is 5.81. The zero-order valence-corrected chi connectivity index (χ0v) is 8.00. The molecule has 3 rings (SSSR count). The standard InChI is InChI=1S/C10H14O3/c1-9-4-3-7(13-9)6-5-12-8(11)10(6,9)2/h6-7H,3-5H2,1-2H3/t6-,7+,9+,10-/m0/s1. The molecule has 0 aromatic heterocycles. The number of hydrogen-bond acceptors (Lipinski definition) is 3. The third kappa shape index (κ3) is 0.622. The van der Waals surface area contributed by atoms with Crippen molar-refractivity contribution in [1.29, 1.82) is 0 Å². The Labute approximate surface area is 77.4 Å². The quantitative estimate of drug-likeness (QED) is 0.526. The first-order chi connectivity index (χ1) is 6.08. The molecule has 3 heterocycles. The van der Waals surface area contributed by atoms with Crippen molar-refractivity contribution in [1.82, 2.24) is 0 Å². The van der Waals surface area contributed by atoms with Crippen LogP contribution in [0, 0.1) is 11.3 Å². The molecule has 3 saturated heterocycles. The van der Waals surface area contributed by atoms with Gasteiger partial charge in [-0.05, 0) is 26.7 Å². The molecule has 0 saturated carbocycles. The first-order valence-corrected chi connectivity index (χ1v) is 4.93. The number of fused-ring (bicyclic) bond motifs is 5. The van der Waals surface area contributed by atoms with Crippen LogP contribution in [-0.4, -0.2) is 24.3 Å². The SMILES string of the molecule is C[C@]12CC[C@@H](O1)[C@@H]1COC(=O)[C@]12C. The second kappa shape index (κ2) is 1.92. The van der Waals surface area contributed by atoms with E-state index in [0.29, 0.717) is 12.5 Å². The molecule has 0 aromatic carbocycles. The van der Waals surface area contributed by atoms with Crippen molar-refractivity contribution in [3.63, 3.8) is 0 Å². The number of carbonyl (C=O) groups is 1. The zero-order valence-electron chi connectivity index (χ0n) is 8.00. The molecule has 72 valence electrons. The third-order valence-electron chi connectivity index (χ3n) is 4.42. The van der Waals surface area contributed by atoms with E-state index in [0.717, 1.165) is 12.8 Å². The average molecular weight is 182 g/mol. The molecule has 0 unspecified atom stereocenters. The largest absolute Gasteiger partial charge is 0.465 e. The summed E-state index contributed by atoms with van der Waals surface area (Å²) in [7, 11) is 0. The molecule has 3 heteroatoms. The van der Waals surface area contributed by atoms with Gasteiger partial charge in [0, 0.05) is 5.92 Å². The van der Waals surface area contributed by atoms with Crippen LogP contribution in [0.25, 0.3) is 0 Å². The van der Waals surface area contributed by atoms with Crippen LogP contribution in [-0.2, 0) is 14.3 Å². The van der Waals surface area contributed by atoms with E-state index < -0.39 is 0 Å². The topological polar surface area (TPSA) is 35.5 Å². The molecule has 0 N–H and O–H groups in total. The molecular weight excluding hydrogens is 168 g/mol. The summed E-state index contributed by atoms with van der Waals surface area (Å²) in [5.41, 5.74) is -0.619. The summed E-state index contributed by atoms with van der Waals surface area (Å²) in [6, 6.07) is 0. The van der Waals surface area contributed by atoms with Crippen molar-refractivity contribution in [2.24, 2.45) is 11.3 Å². The van der Waals surface area contributed by atoms with E-state index in [1.807, 2.05) is 6.92 Å². The molecule has 13 heavy (non-hydrogen) atoms. The van der Waals surface area contributed by atoms with E-state index in [1.54, 1.807) is 0 Å². The molecule has 3 aliphatic heterocycles. The Bertz CT molecular complexity index is 288. The Morgan fingerprint density at radius 3 is 2.92 bits per heavy atom. The summed E-state index contributed by atoms with van der Waals surface area (Å²) in [6.45, 7) is 4.63. The first kappa shape index (κ1) is 7.80. The van der Waals surface area contributed by atoms with Crippen molar-refractivity contribution in [3.05, 3.63) is 0 Å². The molecule has 2 bridgehead atoms. The fourth-order valence-electron chi connectivity index (χ4n) is 3.26. The maximum atomic E-state index is 11.7. The zero-order chi connectivity index (χ0) is 9.27. The predicted octanol–water partition coefficient (Wildman–Crippen LogP) is 1.12. The Morgan fingerprint density at radius 1 is 1.46 bits per heavy atom. The second-order valence-electron chi connectivity index (χ2n) is 4.83. The number of carbonyl (C=O) groups excluding carboxylic acids is 1. The highest BCUT2D eigenvalue weighted by Gasteiger charge is 2.71. The lowest BCUT2D eigenvalue weighted by Gasteiger charge is -2.35. The van der Waals surface area contributed by atoms with Crippen LogP contribution in [0.3, 0.4) is 0 Å². The van der Waals surface area contributed by atoms with Crippen molar-refractivity contribution < 1.29 is 14.3 Å². The van der Waals surface area contributed by atoms with E-state index in [2.05, 4.69) is 6.92 Å². The Balaban J connectivity index is 2.13. The van der Waals surface area contributed by atoms with Gasteiger partial charge in [-0.3, -0.25) is 4.79 Å². The number of esters is 1. The van der Waals surface area contributed by atoms with E-state index in [4.69, 9.17) is 9.47 Å². The molecule has 3 aliphatic rings. The van der Waals surface area contributed by atoms with Crippen LogP contribution >= 0.6 is 0 Å². The van der Waals surface area contributed by atoms with Gasteiger partial charge in [-0.2, -0.15) is 0 Å². The molecule has 0 aromatic rings. The van der Waals surface area contributed by atoms with Gasteiger partial charge in [0.1, 0.15) is 5.41 Å². The van der Waals surface area contributed by atoms with Crippen molar-refractivity contribution >= 4 is 5.97 Å². The highest BCUT2D eigenvalue weighted by atomic mass is 16.6.